The van der Waals surface area contributed by atoms with Crippen LogP contribution in [0.1, 0.15) is 37.3 Å². The van der Waals surface area contributed by atoms with E-state index >= 15 is 0 Å². The van der Waals surface area contributed by atoms with Crippen molar-refractivity contribution < 1.29 is 9.53 Å². The zero-order chi connectivity index (χ0) is 16.8. The molecule has 0 aliphatic heterocycles. The average molecular weight is 354 g/mol. The number of carbonyl (C=O) groups excluding carboxylic acids is 1. The fourth-order valence-corrected chi connectivity index (χ4v) is 2.59. The molecule has 1 amide bonds. The first-order valence-electron chi connectivity index (χ1n) is 7.45. The molecule has 1 unspecified atom stereocenters. The first-order chi connectivity index (χ1) is 11.0. The minimum absolute atomic E-state index is 0.282. The first-order valence-corrected chi connectivity index (χ1v) is 8.71. The topological polar surface area (TPSA) is 64.1 Å². The fraction of sp³-hybridized carbons (Fsp3) is 0.438. The van der Waals surface area contributed by atoms with Crippen molar-refractivity contribution in [1.82, 2.24) is 10.2 Å². The molecule has 0 fully saturated rings. The molecular weight excluding hydrogens is 334 g/mol. The number of halogens is 1. The van der Waals surface area contributed by atoms with E-state index in [1.807, 2.05) is 12.1 Å². The van der Waals surface area contributed by atoms with Crippen LogP contribution in [0.15, 0.2) is 24.3 Å². The summed E-state index contributed by atoms with van der Waals surface area (Å²) in [5.74, 6) is 1.06. The Morgan fingerprint density at radius 3 is 2.57 bits per heavy atom. The van der Waals surface area contributed by atoms with E-state index in [0.717, 1.165) is 10.8 Å². The van der Waals surface area contributed by atoms with E-state index in [2.05, 4.69) is 41.5 Å². The van der Waals surface area contributed by atoms with Gasteiger partial charge >= 0.3 is 0 Å². The first kappa shape index (κ1) is 17.7. The van der Waals surface area contributed by atoms with Crippen LogP contribution in [-0.4, -0.2) is 28.1 Å². The number of nitrogens with zero attached hydrogens (tertiary/aromatic N) is 2. The van der Waals surface area contributed by atoms with Crippen molar-refractivity contribution in [2.45, 2.75) is 38.5 Å². The molecule has 2 aromatic rings. The van der Waals surface area contributed by atoms with E-state index in [0.29, 0.717) is 24.1 Å². The molecule has 1 heterocycles. The van der Waals surface area contributed by atoms with E-state index in [1.54, 1.807) is 6.92 Å². The SMILES string of the molecule is CC(Cl)C(=O)Nc1nnc(CCOc2ccc(C(C)C)cc2)s1. The third-order valence-corrected chi connectivity index (χ3v) is 4.29. The Kier molecular flexibility index (Phi) is 6.36. The Balaban J connectivity index is 1.80. The van der Waals surface area contributed by atoms with Crippen LogP contribution >= 0.6 is 22.9 Å². The Hall–Kier alpha value is -1.66. The van der Waals surface area contributed by atoms with Crippen LogP contribution in [0, 0.1) is 0 Å². The molecule has 0 saturated carbocycles. The van der Waals surface area contributed by atoms with Crippen molar-refractivity contribution in [3.05, 3.63) is 34.8 Å². The van der Waals surface area contributed by atoms with Crippen LogP contribution in [0.3, 0.4) is 0 Å². The molecule has 5 nitrogen and oxygen atoms in total. The highest BCUT2D eigenvalue weighted by Gasteiger charge is 2.12. The van der Waals surface area contributed by atoms with Gasteiger partial charge in [0.05, 0.1) is 6.61 Å². The van der Waals surface area contributed by atoms with Crippen LogP contribution in [0.4, 0.5) is 5.13 Å². The molecule has 0 saturated heterocycles. The summed E-state index contributed by atoms with van der Waals surface area (Å²) in [6.45, 7) is 6.44. The molecule has 1 atom stereocenters. The number of rotatable bonds is 7. The number of nitrogens with one attached hydrogen (secondary N) is 1. The lowest BCUT2D eigenvalue weighted by atomic mass is 10.0. The Morgan fingerprint density at radius 2 is 1.96 bits per heavy atom. The lowest BCUT2D eigenvalue weighted by Gasteiger charge is -2.08. The summed E-state index contributed by atoms with van der Waals surface area (Å²) < 4.78 is 5.70. The molecule has 0 spiro atoms. The minimum atomic E-state index is -0.598. The van der Waals surface area contributed by atoms with E-state index < -0.39 is 5.38 Å². The van der Waals surface area contributed by atoms with Gasteiger partial charge in [0.15, 0.2) is 0 Å². The lowest BCUT2D eigenvalue weighted by molar-refractivity contribution is -0.115. The maximum Gasteiger partial charge on any atom is 0.243 e. The summed E-state index contributed by atoms with van der Waals surface area (Å²) >= 11 is 7.02. The summed E-state index contributed by atoms with van der Waals surface area (Å²) in [4.78, 5) is 11.5. The van der Waals surface area contributed by atoms with Crippen LogP contribution in [-0.2, 0) is 11.2 Å². The summed E-state index contributed by atoms with van der Waals surface area (Å²) in [5.41, 5.74) is 1.29. The molecule has 0 radical (unpaired) electrons. The van der Waals surface area contributed by atoms with Crippen LogP contribution in [0.25, 0.3) is 0 Å². The van der Waals surface area contributed by atoms with Gasteiger partial charge in [-0.05, 0) is 30.5 Å². The molecule has 1 N–H and O–H groups in total. The van der Waals surface area contributed by atoms with E-state index in [1.165, 1.54) is 16.9 Å². The van der Waals surface area contributed by atoms with Crippen molar-refractivity contribution in [3.63, 3.8) is 0 Å². The summed E-state index contributed by atoms with van der Waals surface area (Å²) in [6.07, 6.45) is 0.635. The Morgan fingerprint density at radius 1 is 1.26 bits per heavy atom. The van der Waals surface area contributed by atoms with Crippen LogP contribution < -0.4 is 10.1 Å². The van der Waals surface area contributed by atoms with E-state index in [9.17, 15) is 4.79 Å². The van der Waals surface area contributed by atoms with E-state index in [4.69, 9.17) is 16.3 Å². The smallest absolute Gasteiger partial charge is 0.243 e. The molecule has 0 bridgehead atoms. The third-order valence-electron chi connectivity index (χ3n) is 3.19. The van der Waals surface area contributed by atoms with Crippen molar-refractivity contribution in [2.75, 3.05) is 11.9 Å². The quantitative estimate of drug-likeness (QED) is 0.768. The highest BCUT2D eigenvalue weighted by atomic mass is 35.5. The molecule has 7 heteroatoms. The molecule has 23 heavy (non-hydrogen) atoms. The Labute approximate surface area is 145 Å². The lowest BCUT2D eigenvalue weighted by Crippen LogP contribution is -2.20. The standard InChI is InChI=1S/C16H20ClN3O2S/c1-10(2)12-4-6-13(7-5-12)22-9-8-14-19-20-16(23-14)18-15(21)11(3)17/h4-7,10-11H,8-9H2,1-3H3,(H,18,20,21). The monoisotopic (exact) mass is 353 g/mol. The van der Waals surface area contributed by atoms with Gasteiger partial charge in [-0.2, -0.15) is 0 Å². The highest BCUT2D eigenvalue weighted by Crippen LogP contribution is 2.20. The van der Waals surface area contributed by atoms with Crippen molar-refractivity contribution in [3.8, 4) is 5.75 Å². The number of carbonyl (C=O) groups is 1. The molecule has 0 aliphatic carbocycles. The number of amides is 1. The van der Waals surface area contributed by atoms with E-state index in [-0.39, 0.29) is 5.91 Å². The normalized spacial score (nSPS) is 12.2. The maximum absolute atomic E-state index is 11.5. The van der Waals surface area contributed by atoms with Crippen LogP contribution in [0.2, 0.25) is 0 Å². The van der Waals surface area contributed by atoms with Gasteiger partial charge in [-0.15, -0.1) is 21.8 Å². The van der Waals surface area contributed by atoms with Gasteiger partial charge < -0.3 is 4.74 Å². The van der Waals surface area contributed by atoms with Crippen molar-refractivity contribution >= 4 is 34.0 Å². The fourth-order valence-electron chi connectivity index (χ4n) is 1.82. The Bertz CT molecular complexity index is 641. The molecule has 1 aromatic heterocycles. The number of hydrogen-bond acceptors (Lipinski definition) is 5. The zero-order valence-corrected chi connectivity index (χ0v) is 14.9. The van der Waals surface area contributed by atoms with Gasteiger partial charge in [-0.25, -0.2) is 0 Å². The summed E-state index contributed by atoms with van der Waals surface area (Å²) in [6, 6.07) is 8.10. The van der Waals surface area contributed by atoms with Gasteiger partial charge in [-0.1, -0.05) is 37.3 Å². The number of hydrogen-bond donors (Lipinski definition) is 1. The van der Waals surface area contributed by atoms with Crippen molar-refractivity contribution in [1.29, 1.82) is 0 Å². The van der Waals surface area contributed by atoms with Gasteiger partial charge in [-0.3, -0.25) is 10.1 Å². The highest BCUT2D eigenvalue weighted by molar-refractivity contribution is 7.15. The molecular formula is C16H20ClN3O2S. The third kappa shape index (κ3) is 5.48. The average Bonchev–Trinajstić information content (AvgIpc) is 2.95. The van der Waals surface area contributed by atoms with Gasteiger partial charge in [0.2, 0.25) is 11.0 Å². The second-order valence-corrected chi connectivity index (χ2v) is 7.15. The number of alkyl halides is 1. The second-order valence-electron chi connectivity index (χ2n) is 5.43. The second kappa shape index (κ2) is 8.26. The van der Waals surface area contributed by atoms with Gasteiger partial charge in [0.1, 0.15) is 16.1 Å². The zero-order valence-electron chi connectivity index (χ0n) is 13.4. The van der Waals surface area contributed by atoms with Crippen LogP contribution in [0.5, 0.6) is 5.75 Å². The minimum Gasteiger partial charge on any atom is -0.493 e. The maximum atomic E-state index is 11.5. The molecule has 0 aliphatic rings. The number of benzene rings is 1. The van der Waals surface area contributed by atoms with Gasteiger partial charge in [0, 0.05) is 6.42 Å². The molecule has 2 rings (SSSR count). The van der Waals surface area contributed by atoms with Gasteiger partial charge in [0.25, 0.3) is 0 Å². The predicted molar refractivity (Wildman–Crippen MR) is 93.6 cm³/mol. The molecule has 1 aromatic carbocycles. The number of anilines is 1. The van der Waals surface area contributed by atoms with Crippen molar-refractivity contribution in [2.24, 2.45) is 0 Å². The molecule has 124 valence electrons. The number of aromatic nitrogens is 2. The number of ether oxygens (including phenoxy) is 1. The largest absolute Gasteiger partial charge is 0.493 e. The summed E-state index contributed by atoms with van der Waals surface area (Å²) in [5, 5.41) is 11.2. The summed E-state index contributed by atoms with van der Waals surface area (Å²) in [7, 11) is 0. The predicted octanol–water partition coefficient (Wildman–Crippen LogP) is 3.85.